The van der Waals surface area contributed by atoms with Crippen molar-refractivity contribution in [2.45, 2.75) is 18.7 Å². The fraction of sp³-hybridized carbons (Fsp3) is 0.167. The van der Waals surface area contributed by atoms with Crippen molar-refractivity contribution in [3.05, 3.63) is 70.3 Å². The van der Waals surface area contributed by atoms with E-state index in [-0.39, 0.29) is 22.9 Å². The molecule has 0 aliphatic heterocycles. The predicted octanol–water partition coefficient (Wildman–Crippen LogP) is 3.66. The topological polar surface area (TPSA) is 51.2 Å². The number of ketones is 3. The van der Waals surface area contributed by atoms with Crippen molar-refractivity contribution in [2.75, 3.05) is 0 Å². The Balaban J connectivity index is 2.16. The van der Waals surface area contributed by atoms with Gasteiger partial charge in [-0.25, -0.2) is 0 Å². The van der Waals surface area contributed by atoms with Crippen molar-refractivity contribution in [1.29, 1.82) is 0 Å². The van der Waals surface area contributed by atoms with E-state index in [1.54, 1.807) is 44.2 Å². The number of fused-ring (bicyclic) bond motifs is 2. The van der Waals surface area contributed by atoms with Gasteiger partial charge in [-0.2, -0.15) is 0 Å². The first kappa shape index (κ1) is 14.7. The molecule has 0 heterocycles. The number of benzene rings is 2. The first-order chi connectivity index (χ1) is 10.3. The van der Waals surface area contributed by atoms with Gasteiger partial charge in [0.2, 0.25) is 0 Å². The minimum atomic E-state index is -1.06. The molecule has 3 nitrogen and oxygen atoms in total. The minimum Gasteiger partial charge on any atom is -0.292 e. The smallest absolute Gasteiger partial charge is 0.194 e. The van der Waals surface area contributed by atoms with Crippen LogP contribution in [0.25, 0.3) is 0 Å². The number of halogens is 1. The average Bonchev–Trinajstić information content (AvgIpc) is 2.50. The average molecular weight is 313 g/mol. The molecule has 3 rings (SSSR count). The third-order valence-electron chi connectivity index (χ3n) is 3.73. The second-order valence-corrected chi connectivity index (χ2v) is 6.71. The summed E-state index contributed by atoms with van der Waals surface area (Å²) in [5.74, 6) is -0.724. The van der Waals surface area contributed by atoms with E-state index in [0.717, 1.165) is 0 Å². The maximum absolute atomic E-state index is 12.6. The highest BCUT2D eigenvalue weighted by atomic mass is 35.5. The van der Waals surface area contributed by atoms with E-state index in [1.807, 2.05) is 0 Å². The van der Waals surface area contributed by atoms with E-state index in [2.05, 4.69) is 0 Å². The van der Waals surface area contributed by atoms with Gasteiger partial charge in [-0.05, 0) is 26.0 Å². The fourth-order valence-electron chi connectivity index (χ4n) is 2.58. The highest BCUT2D eigenvalue weighted by molar-refractivity contribution is 6.37. The molecular weight excluding hydrogens is 300 g/mol. The Morgan fingerprint density at radius 3 is 1.91 bits per heavy atom. The van der Waals surface area contributed by atoms with Gasteiger partial charge in [0, 0.05) is 27.8 Å². The number of carbonyl (C=O) groups is 3. The minimum absolute atomic E-state index is 0.200. The second kappa shape index (κ2) is 4.89. The highest BCUT2D eigenvalue weighted by Gasteiger charge is 2.32. The zero-order valence-electron chi connectivity index (χ0n) is 12.1. The van der Waals surface area contributed by atoms with Gasteiger partial charge >= 0.3 is 0 Å². The second-order valence-electron chi connectivity index (χ2n) is 5.77. The molecule has 1 aliphatic carbocycles. The van der Waals surface area contributed by atoms with Crippen molar-refractivity contribution in [3.63, 3.8) is 0 Å². The molecule has 0 atom stereocenters. The van der Waals surface area contributed by atoms with E-state index in [0.29, 0.717) is 22.3 Å². The fourth-order valence-corrected chi connectivity index (χ4v) is 2.69. The van der Waals surface area contributed by atoms with Crippen LogP contribution in [0.3, 0.4) is 0 Å². The molecule has 4 heteroatoms. The normalized spacial score (nSPS) is 13.6. The molecule has 1 aliphatic rings. The molecule has 2 aromatic carbocycles. The van der Waals surface area contributed by atoms with Crippen molar-refractivity contribution < 1.29 is 14.4 Å². The molecule has 0 spiro atoms. The molecule has 0 bridgehead atoms. The Hall–Kier alpha value is -2.26. The summed E-state index contributed by atoms with van der Waals surface area (Å²) < 4.78 is 0. The quantitative estimate of drug-likeness (QED) is 0.536. The lowest BCUT2D eigenvalue weighted by Crippen LogP contribution is -2.26. The van der Waals surface area contributed by atoms with Gasteiger partial charge in [0.25, 0.3) is 0 Å². The van der Waals surface area contributed by atoms with Gasteiger partial charge in [-0.15, -0.1) is 11.6 Å². The first-order valence-electron chi connectivity index (χ1n) is 6.87. The summed E-state index contributed by atoms with van der Waals surface area (Å²) in [7, 11) is 0. The van der Waals surface area contributed by atoms with E-state index in [1.165, 1.54) is 12.1 Å². The Labute approximate surface area is 132 Å². The van der Waals surface area contributed by atoms with Crippen molar-refractivity contribution in [1.82, 2.24) is 0 Å². The lowest BCUT2D eigenvalue weighted by atomic mass is 9.82. The molecule has 0 amide bonds. The van der Waals surface area contributed by atoms with Crippen molar-refractivity contribution in [3.8, 4) is 0 Å². The summed E-state index contributed by atoms with van der Waals surface area (Å²) in [4.78, 5) is 36.2. The Bertz CT molecular complexity index is 828. The van der Waals surface area contributed by atoms with Crippen LogP contribution >= 0.6 is 11.6 Å². The Morgan fingerprint density at radius 1 is 0.864 bits per heavy atom. The number of Topliss-reactive ketones (excluding diaryl/α,β-unsaturated/α-hetero) is 1. The van der Waals surface area contributed by atoms with E-state index in [4.69, 9.17) is 11.6 Å². The SMILES string of the molecule is CC(C)(Cl)C(=O)c1ccc2c(c1)C(=O)c1ccccc1C2=O. The molecule has 0 unspecified atom stereocenters. The summed E-state index contributed by atoms with van der Waals surface area (Å²) in [5.41, 5.74) is 1.69. The molecule has 0 N–H and O–H groups in total. The summed E-state index contributed by atoms with van der Waals surface area (Å²) in [6.45, 7) is 3.19. The lowest BCUT2D eigenvalue weighted by molar-refractivity contribution is 0.0952. The summed E-state index contributed by atoms with van der Waals surface area (Å²) in [5, 5.41) is 0. The third-order valence-corrected chi connectivity index (χ3v) is 3.90. The van der Waals surface area contributed by atoms with E-state index in [9.17, 15) is 14.4 Å². The molecule has 0 aromatic heterocycles. The lowest BCUT2D eigenvalue weighted by Gasteiger charge is -2.19. The van der Waals surface area contributed by atoms with Gasteiger partial charge in [-0.3, -0.25) is 14.4 Å². The summed E-state index contributed by atoms with van der Waals surface area (Å²) >= 11 is 6.05. The van der Waals surface area contributed by atoms with Gasteiger partial charge in [0.15, 0.2) is 17.3 Å². The van der Waals surface area contributed by atoms with Gasteiger partial charge in [-0.1, -0.05) is 30.3 Å². The van der Waals surface area contributed by atoms with Crippen LogP contribution in [0.2, 0.25) is 0 Å². The molecule has 110 valence electrons. The number of hydrogen-bond donors (Lipinski definition) is 0. The van der Waals surface area contributed by atoms with Gasteiger partial charge in [0.1, 0.15) is 4.87 Å². The monoisotopic (exact) mass is 312 g/mol. The van der Waals surface area contributed by atoms with Crippen LogP contribution in [0.4, 0.5) is 0 Å². The molecule has 0 saturated carbocycles. The third kappa shape index (κ3) is 2.18. The predicted molar refractivity (Wildman–Crippen MR) is 84.0 cm³/mol. The molecular formula is C18H13ClO3. The van der Waals surface area contributed by atoms with Crippen LogP contribution in [0.5, 0.6) is 0 Å². The molecule has 0 saturated heterocycles. The van der Waals surface area contributed by atoms with Gasteiger partial charge in [0.05, 0.1) is 0 Å². The van der Waals surface area contributed by atoms with Crippen molar-refractivity contribution >= 4 is 29.0 Å². The standard InChI is InChI=1S/C18H13ClO3/c1-18(2,19)17(22)10-7-8-13-14(9-10)16(21)12-6-4-3-5-11(12)15(13)20/h3-9H,1-2H3. The highest BCUT2D eigenvalue weighted by Crippen LogP contribution is 2.29. The molecule has 2 aromatic rings. The first-order valence-corrected chi connectivity index (χ1v) is 7.24. The summed E-state index contributed by atoms with van der Waals surface area (Å²) in [6.07, 6.45) is 0. The van der Waals surface area contributed by atoms with Gasteiger partial charge < -0.3 is 0 Å². The number of rotatable bonds is 2. The van der Waals surface area contributed by atoms with E-state index < -0.39 is 4.87 Å². The van der Waals surface area contributed by atoms with Crippen LogP contribution in [-0.4, -0.2) is 22.2 Å². The maximum atomic E-state index is 12.6. The van der Waals surface area contributed by atoms with E-state index >= 15 is 0 Å². The zero-order valence-corrected chi connectivity index (χ0v) is 12.9. The van der Waals surface area contributed by atoms with Crippen LogP contribution in [0.15, 0.2) is 42.5 Å². The molecule has 0 fully saturated rings. The zero-order chi connectivity index (χ0) is 16.1. The maximum Gasteiger partial charge on any atom is 0.194 e. The Morgan fingerprint density at radius 2 is 1.36 bits per heavy atom. The Kier molecular flexibility index (Phi) is 3.26. The largest absolute Gasteiger partial charge is 0.292 e. The number of alkyl halides is 1. The van der Waals surface area contributed by atoms with Crippen LogP contribution in [0.1, 0.15) is 56.0 Å². The molecule has 22 heavy (non-hydrogen) atoms. The number of carbonyl (C=O) groups excluding carboxylic acids is 3. The van der Waals surface area contributed by atoms with Crippen molar-refractivity contribution in [2.24, 2.45) is 0 Å². The number of hydrogen-bond acceptors (Lipinski definition) is 3. The van der Waals surface area contributed by atoms with Crippen LogP contribution in [0, 0.1) is 0 Å². The molecule has 0 radical (unpaired) electrons. The van der Waals surface area contributed by atoms with Crippen LogP contribution in [-0.2, 0) is 0 Å². The van der Waals surface area contributed by atoms with Crippen LogP contribution < -0.4 is 0 Å². The summed E-state index contributed by atoms with van der Waals surface area (Å²) in [6, 6.07) is 11.2.